The van der Waals surface area contributed by atoms with Crippen LogP contribution in [0.5, 0.6) is 0 Å². The largest absolute Gasteiger partial charge is 0.465 e. The van der Waals surface area contributed by atoms with E-state index in [1.165, 1.54) is 5.32 Å². The van der Waals surface area contributed by atoms with Crippen molar-refractivity contribution >= 4 is 12.0 Å². The third-order valence-electron chi connectivity index (χ3n) is 1.20. The Morgan fingerprint density at radius 2 is 1.93 bits per heavy atom. The van der Waals surface area contributed by atoms with Crippen LogP contribution in [-0.2, 0) is 4.79 Å². The van der Waals surface area contributed by atoms with Gasteiger partial charge in [-0.25, -0.2) is 4.79 Å². The Morgan fingerprint density at radius 1 is 1.43 bits per heavy atom. The molecule has 8 heteroatoms. The van der Waals surface area contributed by atoms with Gasteiger partial charge in [0.15, 0.2) is 0 Å². The van der Waals surface area contributed by atoms with Crippen LogP contribution in [0.2, 0.25) is 0 Å². The number of nitrogens with one attached hydrogen (secondary N) is 2. The van der Waals surface area contributed by atoms with Gasteiger partial charge in [-0.05, 0) is 6.92 Å². The molecule has 0 heterocycles. The van der Waals surface area contributed by atoms with E-state index in [0.29, 0.717) is 0 Å². The van der Waals surface area contributed by atoms with Crippen LogP contribution in [0.3, 0.4) is 0 Å². The molecule has 0 aromatic heterocycles. The minimum absolute atomic E-state index is 1.02. The van der Waals surface area contributed by atoms with E-state index in [4.69, 9.17) is 5.11 Å². The van der Waals surface area contributed by atoms with Gasteiger partial charge < -0.3 is 15.7 Å². The Balaban J connectivity index is 3.91. The molecule has 0 aliphatic carbocycles. The maximum Gasteiger partial charge on any atom is 0.405 e. The molecule has 0 aliphatic heterocycles. The lowest BCUT2D eigenvalue weighted by Crippen LogP contribution is -2.46. The standard InChI is InChI=1S/C6H9F3N2O3/c1-3(11-5(13)14)4(12)10-2-6(7,8)9/h3,11H,2H2,1H3,(H,10,12)(H,13,14)/t3-/m0/s1. The minimum Gasteiger partial charge on any atom is -0.465 e. The Morgan fingerprint density at radius 3 is 2.29 bits per heavy atom. The first-order valence-electron chi connectivity index (χ1n) is 3.56. The maximum absolute atomic E-state index is 11.6. The van der Waals surface area contributed by atoms with Gasteiger partial charge in [-0.1, -0.05) is 0 Å². The van der Waals surface area contributed by atoms with Gasteiger partial charge in [0.2, 0.25) is 5.91 Å². The Kier molecular flexibility index (Phi) is 4.19. The molecule has 0 saturated heterocycles. The van der Waals surface area contributed by atoms with E-state index >= 15 is 0 Å². The van der Waals surface area contributed by atoms with Crippen molar-refractivity contribution in [1.82, 2.24) is 10.6 Å². The van der Waals surface area contributed by atoms with Gasteiger partial charge in [0, 0.05) is 0 Å². The highest BCUT2D eigenvalue weighted by molar-refractivity contribution is 5.84. The first-order chi connectivity index (χ1) is 6.22. The number of carboxylic acid groups (broad SMARTS) is 1. The van der Waals surface area contributed by atoms with Crippen LogP contribution in [0, 0.1) is 0 Å². The third kappa shape index (κ3) is 6.09. The number of alkyl halides is 3. The lowest BCUT2D eigenvalue weighted by molar-refractivity contribution is -0.139. The van der Waals surface area contributed by atoms with Crippen molar-refractivity contribution in [2.24, 2.45) is 0 Å². The number of hydrogen-bond acceptors (Lipinski definition) is 2. The summed E-state index contributed by atoms with van der Waals surface area (Å²) in [4.78, 5) is 20.8. The number of carbonyl (C=O) groups is 2. The van der Waals surface area contributed by atoms with Gasteiger partial charge in [-0.15, -0.1) is 0 Å². The molecule has 0 aliphatic rings. The second kappa shape index (κ2) is 4.68. The summed E-state index contributed by atoms with van der Waals surface area (Å²) in [5.41, 5.74) is 0. The summed E-state index contributed by atoms with van der Waals surface area (Å²) in [5, 5.41) is 11.4. The molecule has 0 rings (SSSR count). The van der Waals surface area contributed by atoms with E-state index in [1.54, 1.807) is 5.32 Å². The molecule has 5 nitrogen and oxygen atoms in total. The monoisotopic (exact) mass is 214 g/mol. The lowest BCUT2D eigenvalue weighted by atomic mass is 10.3. The summed E-state index contributed by atoms with van der Waals surface area (Å²) in [6.07, 6.45) is -5.97. The van der Waals surface area contributed by atoms with E-state index in [9.17, 15) is 22.8 Å². The lowest BCUT2D eigenvalue weighted by Gasteiger charge is -2.12. The number of carbonyl (C=O) groups excluding carboxylic acids is 1. The van der Waals surface area contributed by atoms with E-state index in [-0.39, 0.29) is 0 Å². The second-order valence-corrected chi connectivity index (χ2v) is 2.50. The molecule has 14 heavy (non-hydrogen) atoms. The average Bonchev–Trinajstić information content (AvgIpc) is 1.97. The van der Waals surface area contributed by atoms with Crippen LogP contribution in [0.25, 0.3) is 0 Å². The first kappa shape index (κ1) is 12.5. The van der Waals surface area contributed by atoms with Crippen molar-refractivity contribution in [3.05, 3.63) is 0 Å². The van der Waals surface area contributed by atoms with Gasteiger partial charge in [0.05, 0.1) is 0 Å². The molecule has 0 unspecified atom stereocenters. The van der Waals surface area contributed by atoms with Crippen molar-refractivity contribution in [3.8, 4) is 0 Å². The summed E-state index contributed by atoms with van der Waals surface area (Å²) >= 11 is 0. The van der Waals surface area contributed by atoms with E-state index in [2.05, 4.69) is 0 Å². The number of amides is 2. The van der Waals surface area contributed by atoms with Crippen molar-refractivity contribution in [1.29, 1.82) is 0 Å². The molecule has 82 valence electrons. The molecule has 0 fully saturated rings. The zero-order valence-corrected chi connectivity index (χ0v) is 7.18. The highest BCUT2D eigenvalue weighted by Crippen LogP contribution is 2.12. The molecule has 0 spiro atoms. The van der Waals surface area contributed by atoms with Crippen LogP contribution < -0.4 is 10.6 Å². The first-order valence-corrected chi connectivity index (χ1v) is 3.56. The second-order valence-electron chi connectivity index (χ2n) is 2.50. The number of hydrogen-bond donors (Lipinski definition) is 3. The van der Waals surface area contributed by atoms with Crippen LogP contribution in [-0.4, -0.2) is 35.9 Å². The molecule has 0 aromatic carbocycles. The van der Waals surface area contributed by atoms with Crippen molar-refractivity contribution < 1.29 is 27.9 Å². The molecular formula is C6H9F3N2O3. The SMILES string of the molecule is C[C@H](NC(=O)O)C(=O)NCC(F)(F)F. The van der Waals surface area contributed by atoms with E-state index < -0.39 is 30.8 Å². The molecular weight excluding hydrogens is 205 g/mol. The molecule has 0 saturated carbocycles. The molecule has 2 amide bonds. The van der Waals surface area contributed by atoms with Crippen molar-refractivity contribution in [2.75, 3.05) is 6.54 Å². The summed E-state index contributed by atoms with van der Waals surface area (Å²) in [7, 11) is 0. The Hall–Kier alpha value is -1.47. The van der Waals surface area contributed by atoms with Crippen LogP contribution in [0.1, 0.15) is 6.92 Å². The van der Waals surface area contributed by atoms with Gasteiger partial charge in [0.25, 0.3) is 0 Å². The quantitative estimate of drug-likeness (QED) is 0.633. The molecule has 3 N–H and O–H groups in total. The molecule has 0 bridgehead atoms. The summed E-state index contributed by atoms with van der Waals surface area (Å²) < 4.78 is 34.8. The molecule has 0 radical (unpaired) electrons. The normalized spacial score (nSPS) is 13.1. The number of halogens is 3. The zero-order valence-electron chi connectivity index (χ0n) is 7.18. The fourth-order valence-electron chi connectivity index (χ4n) is 0.591. The zero-order chi connectivity index (χ0) is 11.4. The van der Waals surface area contributed by atoms with Gasteiger partial charge >= 0.3 is 12.3 Å². The fourth-order valence-corrected chi connectivity index (χ4v) is 0.591. The molecule has 0 aromatic rings. The Labute approximate surface area is 77.3 Å². The highest BCUT2D eigenvalue weighted by atomic mass is 19.4. The smallest absolute Gasteiger partial charge is 0.405 e. The van der Waals surface area contributed by atoms with E-state index in [1.807, 2.05) is 0 Å². The predicted molar refractivity (Wildman–Crippen MR) is 39.7 cm³/mol. The predicted octanol–water partition coefficient (Wildman–Crippen LogP) is 0.321. The highest BCUT2D eigenvalue weighted by Gasteiger charge is 2.28. The van der Waals surface area contributed by atoms with Gasteiger partial charge in [-0.2, -0.15) is 13.2 Å². The van der Waals surface area contributed by atoms with Crippen LogP contribution in [0.15, 0.2) is 0 Å². The fraction of sp³-hybridized carbons (Fsp3) is 0.667. The average molecular weight is 214 g/mol. The topological polar surface area (TPSA) is 78.4 Å². The third-order valence-corrected chi connectivity index (χ3v) is 1.20. The summed E-state index contributed by atoms with van der Waals surface area (Å²) in [6.45, 7) is -0.336. The van der Waals surface area contributed by atoms with Crippen molar-refractivity contribution in [2.45, 2.75) is 19.1 Å². The maximum atomic E-state index is 11.6. The Bertz CT molecular complexity index is 229. The number of rotatable bonds is 3. The summed E-state index contributed by atoms with van der Waals surface area (Å²) in [5.74, 6) is -1.02. The van der Waals surface area contributed by atoms with Crippen LogP contribution >= 0.6 is 0 Å². The van der Waals surface area contributed by atoms with Crippen LogP contribution in [0.4, 0.5) is 18.0 Å². The minimum atomic E-state index is -4.50. The van der Waals surface area contributed by atoms with Gasteiger partial charge in [0.1, 0.15) is 12.6 Å². The summed E-state index contributed by atoms with van der Waals surface area (Å²) in [6, 6.07) is -1.21. The molecule has 1 atom stereocenters. The van der Waals surface area contributed by atoms with Gasteiger partial charge in [-0.3, -0.25) is 4.79 Å². The van der Waals surface area contributed by atoms with Crippen molar-refractivity contribution in [3.63, 3.8) is 0 Å². The van der Waals surface area contributed by atoms with E-state index in [0.717, 1.165) is 6.92 Å².